The SMILES string of the molecule is O=C(Cn1ccc2ccccc21)NNC(=O)c1ccccc1OCCOc1ccccc1. The number of hydrogen-bond donors (Lipinski definition) is 2. The van der Waals surface area contributed by atoms with Gasteiger partial charge in [-0.05, 0) is 41.8 Å². The smallest absolute Gasteiger partial charge is 0.273 e. The number of amides is 2. The number of para-hydroxylation sites is 3. The average molecular weight is 429 g/mol. The van der Waals surface area contributed by atoms with E-state index in [1.807, 2.05) is 71.4 Å². The second-order valence-electron chi connectivity index (χ2n) is 7.01. The number of benzene rings is 3. The van der Waals surface area contributed by atoms with Crippen LogP contribution in [0.4, 0.5) is 0 Å². The van der Waals surface area contributed by atoms with E-state index in [9.17, 15) is 9.59 Å². The van der Waals surface area contributed by atoms with Gasteiger partial charge in [0.05, 0.1) is 5.56 Å². The van der Waals surface area contributed by atoms with Gasteiger partial charge in [-0.15, -0.1) is 0 Å². The lowest BCUT2D eigenvalue weighted by atomic mass is 10.2. The van der Waals surface area contributed by atoms with Gasteiger partial charge < -0.3 is 14.0 Å². The molecule has 2 N–H and O–H groups in total. The third-order valence-corrected chi connectivity index (χ3v) is 4.79. The summed E-state index contributed by atoms with van der Waals surface area (Å²) < 4.78 is 13.1. The second kappa shape index (κ2) is 10.2. The largest absolute Gasteiger partial charge is 0.490 e. The Balaban J connectivity index is 1.29. The normalized spacial score (nSPS) is 10.5. The first-order valence-electron chi connectivity index (χ1n) is 10.2. The van der Waals surface area contributed by atoms with Crippen LogP contribution in [0.3, 0.4) is 0 Å². The van der Waals surface area contributed by atoms with Crippen molar-refractivity contribution in [3.8, 4) is 11.5 Å². The van der Waals surface area contributed by atoms with E-state index in [-0.39, 0.29) is 19.1 Å². The summed E-state index contributed by atoms with van der Waals surface area (Å²) in [5.74, 6) is 0.359. The lowest BCUT2D eigenvalue weighted by Gasteiger charge is -2.13. The number of nitrogens with one attached hydrogen (secondary N) is 2. The summed E-state index contributed by atoms with van der Waals surface area (Å²) in [5.41, 5.74) is 6.18. The molecule has 7 nitrogen and oxygen atoms in total. The molecule has 3 aromatic carbocycles. The van der Waals surface area contributed by atoms with Crippen LogP contribution >= 0.6 is 0 Å². The first kappa shape index (κ1) is 21.0. The predicted octanol–water partition coefficient (Wildman–Crippen LogP) is 3.56. The lowest BCUT2D eigenvalue weighted by Crippen LogP contribution is -2.43. The van der Waals surface area contributed by atoms with Crippen molar-refractivity contribution in [1.82, 2.24) is 15.4 Å². The maximum absolute atomic E-state index is 12.6. The molecule has 1 aromatic heterocycles. The molecule has 0 spiro atoms. The highest BCUT2D eigenvalue weighted by Crippen LogP contribution is 2.18. The van der Waals surface area contributed by atoms with E-state index in [0.29, 0.717) is 17.9 Å². The molecule has 0 saturated carbocycles. The summed E-state index contributed by atoms with van der Waals surface area (Å²) in [7, 11) is 0. The molecule has 0 unspecified atom stereocenters. The molecule has 32 heavy (non-hydrogen) atoms. The fourth-order valence-corrected chi connectivity index (χ4v) is 3.27. The number of carbonyl (C=O) groups is 2. The topological polar surface area (TPSA) is 81.6 Å². The van der Waals surface area contributed by atoms with Crippen LogP contribution in [0.15, 0.2) is 91.1 Å². The Kier molecular flexibility index (Phi) is 6.67. The van der Waals surface area contributed by atoms with Gasteiger partial charge in [0, 0.05) is 11.7 Å². The van der Waals surface area contributed by atoms with Crippen molar-refractivity contribution in [2.45, 2.75) is 6.54 Å². The van der Waals surface area contributed by atoms with E-state index < -0.39 is 5.91 Å². The summed E-state index contributed by atoms with van der Waals surface area (Å²) in [5, 5.41) is 1.05. The Bertz CT molecular complexity index is 1200. The van der Waals surface area contributed by atoms with E-state index in [1.54, 1.807) is 24.3 Å². The van der Waals surface area contributed by atoms with Crippen LogP contribution in [0, 0.1) is 0 Å². The number of hydrogen-bond acceptors (Lipinski definition) is 4. The standard InChI is InChI=1S/C25H23N3O4/c29-24(18-28-15-14-19-8-4-6-12-22(19)28)26-27-25(30)21-11-5-7-13-23(21)32-17-16-31-20-9-2-1-3-10-20/h1-15H,16-18H2,(H,26,29)(H,27,30). The van der Waals surface area contributed by atoms with Gasteiger partial charge in [-0.2, -0.15) is 0 Å². The van der Waals surface area contributed by atoms with Crippen molar-refractivity contribution in [2.24, 2.45) is 0 Å². The van der Waals surface area contributed by atoms with Crippen LogP contribution in [-0.2, 0) is 11.3 Å². The molecule has 0 bridgehead atoms. The molecule has 162 valence electrons. The first-order chi connectivity index (χ1) is 15.7. The van der Waals surface area contributed by atoms with Crippen LogP contribution in [-0.4, -0.2) is 29.6 Å². The maximum atomic E-state index is 12.6. The fourth-order valence-electron chi connectivity index (χ4n) is 3.27. The van der Waals surface area contributed by atoms with Gasteiger partial charge in [-0.25, -0.2) is 0 Å². The molecular weight excluding hydrogens is 406 g/mol. The van der Waals surface area contributed by atoms with Gasteiger partial charge in [0.15, 0.2) is 0 Å². The van der Waals surface area contributed by atoms with Crippen LogP contribution in [0.5, 0.6) is 11.5 Å². The molecule has 7 heteroatoms. The molecule has 4 rings (SSSR count). The molecule has 4 aromatic rings. The number of hydrazine groups is 1. The summed E-state index contributed by atoms with van der Waals surface area (Å²) in [6.45, 7) is 0.691. The zero-order valence-corrected chi connectivity index (χ0v) is 17.4. The van der Waals surface area contributed by atoms with Gasteiger partial charge in [-0.1, -0.05) is 48.5 Å². The van der Waals surface area contributed by atoms with E-state index in [0.717, 1.165) is 16.7 Å². The zero-order chi connectivity index (χ0) is 22.2. The second-order valence-corrected chi connectivity index (χ2v) is 7.01. The highest BCUT2D eigenvalue weighted by Gasteiger charge is 2.13. The van der Waals surface area contributed by atoms with Crippen molar-refractivity contribution >= 4 is 22.7 Å². The molecule has 0 saturated heterocycles. The van der Waals surface area contributed by atoms with E-state index in [1.165, 1.54) is 0 Å². The van der Waals surface area contributed by atoms with Crippen molar-refractivity contribution in [2.75, 3.05) is 13.2 Å². The number of carbonyl (C=O) groups excluding carboxylic acids is 2. The van der Waals surface area contributed by atoms with E-state index in [4.69, 9.17) is 9.47 Å². The Morgan fingerprint density at radius 1 is 0.750 bits per heavy atom. The minimum absolute atomic E-state index is 0.0861. The van der Waals surface area contributed by atoms with Crippen molar-refractivity contribution in [3.05, 3.63) is 96.7 Å². The molecule has 0 aliphatic heterocycles. The van der Waals surface area contributed by atoms with Crippen LogP contribution < -0.4 is 20.3 Å². The molecule has 0 fully saturated rings. The lowest BCUT2D eigenvalue weighted by molar-refractivity contribution is -0.122. The third-order valence-electron chi connectivity index (χ3n) is 4.79. The first-order valence-corrected chi connectivity index (χ1v) is 10.2. The van der Waals surface area contributed by atoms with Crippen molar-refractivity contribution in [3.63, 3.8) is 0 Å². The monoisotopic (exact) mass is 429 g/mol. The number of aromatic nitrogens is 1. The molecular formula is C25H23N3O4. The number of nitrogens with zero attached hydrogens (tertiary/aromatic N) is 1. The highest BCUT2D eigenvalue weighted by molar-refractivity contribution is 5.97. The number of fused-ring (bicyclic) bond motifs is 1. The Morgan fingerprint density at radius 3 is 2.34 bits per heavy atom. The van der Waals surface area contributed by atoms with E-state index >= 15 is 0 Å². The number of rotatable bonds is 8. The summed E-state index contributed by atoms with van der Waals surface area (Å²) in [4.78, 5) is 24.9. The van der Waals surface area contributed by atoms with Gasteiger partial charge in [0.1, 0.15) is 31.3 Å². The Hall–Kier alpha value is -4.26. The van der Waals surface area contributed by atoms with Crippen LogP contribution in [0.1, 0.15) is 10.4 Å². The molecule has 1 heterocycles. The van der Waals surface area contributed by atoms with Crippen molar-refractivity contribution in [1.29, 1.82) is 0 Å². The zero-order valence-electron chi connectivity index (χ0n) is 17.4. The maximum Gasteiger partial charge on any atom is 0.273 e. The van der Waals surface area contributed by atoms with Gasteiger partial charge in [0.25, 0.3) is 11.8 Å². The van der Waals surface area contributed by atoms with Gasteiger partial charge in [-0.3, -0.25) is 20.4 Å². The van der Waals surface area contributed by atoms with Gasteiger partial charge >= 0.3 is 0 Å². The predicted molar refractivity (Wildman–Crippen MR) is 121 cm³/mol. The molecule has 0 atom stereocenters. The van der Waals surface area contributed by atoms with Crippen LogP contribution in [0.2, 0.25) is 0 Å². The third kappa shape index (κ3) is 5.26. The summed E-state index contributed by atoms with van der Waals surface area (Å²) in [6.07, 6.45) is 1.84. The van der Waals surface area contributed by atoms with Crippen molar-refractivity contribution < 1.29 is 19.1 Å². The van der Waals surface area contributed by atoms with Crippen LogP contribution in [0.25, 0.3) is 10.9 Å². The molecule has 2 amide bonds. The minimum Gasteiger partial charge on any atom is -0.490 e. The highest BCUT2D eigenvalue weighted by atomic mass is 16.5. The molecule has 0 radical (unpaired) electrons. The molecule has 0 aliphatic carbocycles. The number of ether oxygens (including phenoxy) is 2. The van der Waals surface area contributed by atoms with E-state index in [2.05, 4.69) is 10.9 Å². The average Bonchev–Trinajstić information content (AvgIpc) is 3.24. The minimum atomic E-state index is -0.463. The fraction of sp³-hybridized carbons (Fsp3) is 0.120. The quantitative estimate of drug-likeness (QED) is 0.332. The summed E-state index contributed by atoms with van der Waals surface area (Å²) >= 11 is 0. The van der Waals surface area contributed by atoms with Gasteiger partial charge in [0.2, 0.25) is 0 Å². The Morgan fingerprint density at radius 2 is 1.47 bits per heavy atom. The Labute approximate surface area is 185 Å². The molecule has 0 aliphatic rings. The summed E-state index contributed by atoms with van der Waals surface area (Å²) in [6, 6.07) is 26.0.